The van der Waals surface area contributed by atoms with E-state index in [0.717, 1.165) is 17.1 Å². The zero-order valence-electron chi connectivity index (χ0n) is 10.4. The van der Waals surface area contributed by atoms with Gasteiger partial charge in [-0.1, -0.05) is 17.7 Å². The second-order valence-corrected chi connectivity index (χ2v) is 4.53. The number of rotatable bonds is 5. The van der Waals surface area contributed by atoms with Crippen LogP contribution < -0.4 is 5.32 Å². The number of nitrogens with one attached hydrogen (secondary N) is 1. The number of halogens is 1. The van der Waals surface area contributed by atoms with Crippen molar-refractivity contribution in [1.82, 2.24) is 5.32 Å². The molecule has 0 bridgehead atoms. The Morgan fingerprint density at radius 1 is 1.31 bits per heavy atom. The molecule has 0 aliphatic rings. The third-order valence-corrected chi connectivity index (χ3v) is 3.16. The molecule has 0 fully saturated rings. The van der Waals surface area contributed by atoms with Crippen LogP contribution in [0.4, 0.5) is 0 Å². The number of hydrogen-bond donors (Lipinski definition) is 1. The van der Waals surface area contributed by atoms with E-state index in [-0.39, 0.29) is 6.04 Å². The third kappa shape index (κ3) is 3.48. The quantitative estimate of drug-likeness (QED) is 0.799. The van der Waals surface area contributed by atoms with Gasteiger partial charge in [-0.2, -0.15) is 0 Å². The van der Waals surface area contributed by atoms with Crippen molar-refractivity contribution in [3.63, 3.8) is 0 Å². The van der Waals surface area contributed by atoms with Gasteiger partial charge in [-0.05, 0) is 43.5 Å². The first-order valence-electron chi connectivity index (χ1n) is 5.55. The molecule has 0 saturated carbocycles. The SMILES string of the molecule is COCCNC(C)c1cc(C)c(C)cc1Cl. The molecule has 0 aliphatic heterocycles. The molecular formula is C13H20ClNO. The molecule has 1 atom stereocenters. The largest absolute Gasteiger partial charge is 0.383 e. The van der Waals surface area contributed by atoms with E-state index >= 15 is 0 Å². The Morgan fingerprint density at radius 2 is 1.94 bits per heavy atom. The minimum absolute atomic E-state index is 0.252. The van der Waals surface area contributed by atoms with E-state index in [1.807, 2.05) is 6.07 Å². The normalized spacial score (nSPS) is 12.8. The predicted molar refractivity (Wildman–Crippen MR) is 69.2 cm³/mol. The van der Waals surface area contributed by atoms with Crippen molar-refractivity contribution < 1.29 is 4.74 Å². The number of benzene rings is 1. The molecule has 2 nitrogen and oxygen atoms in total. The molecule has 0 spiro atoms. The van der Waals surface area contributed by atoms with Crippen LogP contribution in [0.2, 0.25) is 5.02 Å². The molecule has 3 heteroatoms. The fourth-order valence-electron chi connectivity index (χ4n) is 1.62. The Balaban J connectivity index is 2.75. The van der Waals surface area contributed by atoms with Crippen LogP contribution in [0.25, 0.3) is 0 Å². The fourth-order valence-corrected chi connectivity index (χ4v) is 2.00. The Morgan fingerprint density at radius 3 is 2.56 bits per heavy atom. The molecule has 0 aliphatic carbocycles. The molecule has 1 unspecified atom stereocenters. The van der Waals surface area contributed by atoms with Crippen LogP contribution in [0.15, 0.2) is 12.1 Å². The first-order chi connectivity index (χ1) is 7.56. The number of hydrogen-bond acceptors (Lipinski definition) is 2. The molecule has 0 radical (unpaired) electrons. The van der Waals surface area contributed by atoms with Crippen molar-refractivity contribution in [1.29, 1.82) is 0 Å². The third-order valence-electron chi connectivity index (χ3n) is 2.84. The number of methoxy groups -OCH3 is 1. The lowest BCUT2D eigenvalue weighted by molar-refractivity contribution is 0.196. The summed E-state index contributed by atoms with van der Waals surface area (Å²) in [5.41, 5.74) is 3.67. The van der Waals surface area contributed by atoms with E-state index in [4.69, 9.17) is 16.3 Å². The van der Waals surface area contributed by atoms with Gasteiger partial charge in [0.15, 0.2) is 0 Å². The minimum atomic E-state index is 0.252. The van der Waals surface area contributed by atoms with Crippen LogP contribution >= 0.6 is 11.6 Å². The Kier molecular flexibility index (Phi) is 5.26. The second kappa shape index (κ2) is 6.24. The number of ether oxygens (including phenoxy) is 1. The highest BCUT2D eigenvalue weighted by Crippen LogP contribution is 2.26. The summed E-state index contributed by atoms with van der Waals surface area (Å²) in [4.78, 5) is 0. The van der Waals surface area contributed by atoms with Gasteiger partial charge in [0.1, 0.15) is 0 Å². The van der Waals surface area contributed by atoms with Gasteiger partial charge in [0, 0.05) is 24.7 Å². The van der Waals surface area contributed by atoms with Gasteiger partial charge in [-0.15, -0.1) is 0 Å². The maximum absolute atomic E-state index is 6.24. The predicted octanol–water partition coefficient (Wildman–Crippen LogP) is 3.25. The van der Waals surface area contributed by atoms with Crippen LogP contribution in [0.1, 0.15) is 29.7 Å². The van der Waals surface area contributed by atoms with Gasteiger partial charge in [-0.25, -0.2) is 0 Å². The van der Waals surface area contributed by atoms with Crippen molar-refractivity contribution in [2.75, 3.05) is 20.3 Å². The van der Waals surface area contributed by atoms with Crippen molar-refractivity contribution in [3.8, 4) is 0 Å². The summed E-state index contributed by atoms with van der Waals surface area (Å²) in [6.07, 6.45) is 0. The van der Waals surface area contributed by atoms with Gasteiger partial charge >= 0.3 is 0 Å². The van der Waals surface area contributed by atoms with E-state index in [1.165, 1.54) is 11.1 Å². The maximum Gasteiger partial charge on any atom is 0.0587 e. The van der Waals surface area contributed by atoms with Gasteiger partial charge in [-0.3, -0.25) is 0 Å². The summed E-state index contributed by atoms with van der Waals surface area (Å²) in [5.74, 6) is 0. The molecule has 1 aromatic rings. The molecule has 0 saturated heterocycles. The van der Waals surface area contributed by atoms with Crippen molar-refractivity contribution in [3.05, 3.63) is 33.8 Å². The highest BCUT2D eigenvalue weighted by molar-refractivity contribution is 6.31. The van der Waals surface area contributed by atoms with E-state index in [9.17, 15) is 0 Å². The molecule has 1 aromatic carbocycles. The van der Waals surface area contributed by atoms with Crippen molar-refractivity contribution >= 4 is 11.6 Å². The fraction of sp³-hybridized carbons (Fsp3) is 0.538. The van der Waals surface area contributed by atoms with Crippen LogP contribution in [0.5, 0.6) is 0 Å². The summed E-state index contributed by atoms with van der Waals surface area (Å²) in [7, 11) is 1.70. The molecule has 1 rings (SSSR count). The Labute approximate surface area is 103 Å². The van der Waals surface area contributed by atoms with Crippen molar-refractivity contribution in [2.24, 2.45) is 0 Å². The highest BCUT2D eigenvalue weighted by atomic mass is 35.5. The van der Waals surface area contributed by atoms with E-state index in [0.29, 0.717) is 6.61 Å². The maximum atomic E-state index is 6.24. The van der Waals surface area contributed by atoms with Gasteiger partial charge in [0.05, 0.1) is 6.61 Å². The topological polar surface area (TPSA) is 21.3 Å². The van der Waals surface area contributed by atoms with Crippen LogP contribution in [0, 0.1) is 13.8 Å². The smallest absolute Gasteiger partial charge is 0.0587 e. The molecule has 16 heavy (non-hydrogen) atoms. The zero-order chi connectivity index (χ0) is 12.1. The van der Waals surface area contributed by atoms with Crippen LogP contribution in [-0.2, 0) is 4.74 Å². The molecule has 0 heterocycles. The Bertz CT molecular complexity index is 352. The summed E-state index contributed by atoms with van der Waals surface area (Å²) in [6, 6.07) is 4.44. The Hall–Kier alpha value is -0.570. The summed E-state index contributed by atoms with van der Waals surface area (Å²) in [6.45, 7) is 7.85. The zero-order valence-corrected chi connectivity index (χ0v) is 11.2. The number of aryl methyl sites for hydroxylation is 2. The lowest BCUT2D eigenvalue weighted by atomic mass is 10.0. The van der Waals surface area contributed by atoms with Crippen LogP contribution in [-0.4, -0.2) is 20.3 Å². The van der Waals surface area contributed by atoms with Gasteiger partial charge in [0.25, 0.3) is 0 Å². The first-order valence-corrected chi connectivity index (χ1v) is 5.93. The van der Waals surface area contributed by atoms with E-state index < -0.39 is 0 Å². The summed E-state index contributed by atoms with van der Waals surface area (Å²) in [5, 5.41) is 4.21. The van der Waals surface area contributed by atoms with E-state index in [1.54, 1.807) is 7.11 Å². The standard InChI is InChI=1S/C13H20ClNO/c1-9-7-12(13(14)8-10(9)2)11(3)15-5-6-16-4/h7-8,11,15H,5-6H2,1-4H3. The molecule has 1 N–H and O–H groups in total. The lowest BCUT2D eigenvalue weighted by Gasteiger charge is -2.17. The van der Waals surface area contributed by atoms with Gasteiger partial charge in [0.2, 0.25) is 0 Å². The average Bonchev–Trinajstić information content (AvgIpc) is 2.23. The van der Waals surface area contributed by atoms with E-state index in [2.05, 4.69) is 32.2 Å². The first kappa shape index (κ1) is 13.5. The minimum Gasteiger partial charge on any atom is -0.383 e. The molecular weight excluding hydrogens is 222 g/mol. The van der Waals surface area contributed by atoms with Crippen molar-refractivity contribution in [2.45, 2.75) is 26.8 Å². The average molecular weight is 242 g/mol. The van der Waals surface area contributed by atoms with Crippen LogP contribution in [0.3, 0.4) is 0 Å². The molecule has 0 aromatic heterocycles. The lowest BCUT2D eigenvalue weighted by Crippen LogP contribution is -2.23. The second-order valence-electron chi connectivity index (χ2n) is 4.13. The monoisotopic (exact) mass is 241 g/mol. The van der Waals surface area contributed by atoms with Gasteiger partial charge < -0.3 is 10.1 Å². The summed E-state index contributed by atoms with van der Waals surface area (Å²) < 4.78 is 5.01. The summed E-state index contributed by atoms with van der Waals surface area (Å²) >= 11 is 6.24. The molecule has 0 amide bonds. The highest BCUT2D eigenvalue weighted by Gasteiger charge is 2.10. The molecule has 90 valence electrons.